The van der Waals surface area contributed by atoms with E-state index in [2.05, 4.69) is 29.2 Å². The highest BCUT2D eigenvalue weighted by Gasteiger charge is 2.41. The number of rotatable bonds is 9. The number of benzene rings is 2. The highest BCUT2D eigenvalue weighted by atomic mass is 32.1. The molecule has 0 fully saturated rings. The van der Waals surface area contributed by atoms with E-state index in [0.29, 0.717) is 11.6 Å². The monoisotopic (exact) mass is 459 g/mol. The van der Waals surface area contributed by atoms with Crippen LogP contribution in [0.25, 0.3) is 0 Å². The Hall–Kier alpha value is -2.95. The molecule has 0 aliphatic carbocycles. The summed E-state index contributed by atoms with van der Waals surface area (Å²) < 4.78 is 55.4. The third kappa shape index (κ3) is 7.06. The fourth-order valence-corrected chi connectivity index (χ4v) is 2.75. The van der Waals surface area contributed by atoms with Crippen LogP contribution in [0.4, 0.5) is 34.6 Å². The van der Waals surface area contributed by atoms with Crippen molar-refractivity contribution >= 4 is 34.4 Å². The van der Waals surface area contributed by atoms with E-state index in [9.17, 15) is 27.7 Å². The standard InChI is InChI=1S/C20H21F4N3O3S/c1-3-12(2)13-4-6-14(7-5-13)25-19(31)26-15-8-16(27(28)29)10-17(9-15)30-11-20(23,24)18(21)22/h4-10,12,18H,3,11H2,1-2H3,(H2,25,26,31)/t12-/m1/s1. The van der Waals surface area contributed by atoms with E-state index in [-0.39, 0.29) is 16.5 Å². The van der Waals surface area contributed by atoms with Crippen LogP contribution in [-0.2, 0) is 0 Å². The molecule has 0 saturated heterocycles. The Kier molecular flexibility index (Phi) is 8.14. The van der Waals surface area contributed by atoms with Crippen molar-refractivity contribution in [1.82, 2.24) is 0 Å². The van der Waals surface area contributed by atoms with Crippen LogP contribution in [0.2, 0.25) is 0 Å². The van der Waals surface area contributed by atoms with E-state index in [1.165, 1.54) is 0 Å². The minimum atomic E-state index is -4.39. The average molecular weight is 459 g/mol. The average Bonchev–Trinajstić information content (AvgIpc) is 2.72. The van der Waals surface area contributed by atoms with Crippen LogP contribution in [0.15, 0.2) is 42.5 Å². The van der Waals surface area contributed by atoms with Gasteiger partial charge in [-0.05, 0) is 42.3 Å². The number of hydrogen-bond donors (Lipinski definition) is 2. The van der Waals surface area contributed by atoms with Gasteiger partial charge in [0.2, 0.25) is 0 Å². The second kappa shape index (κ2) is 10.4. The Balaban J connectivity index is 2.11. The highest BCUT2D eigenvalue weighted by molar-refractivity contribution is 7.80. The molecule has 168 valence electrons. The number of alkyl halides is 4. The van der Waals surface area contributed by atoms with Gasteiger partial charge in [-0.3, -0.25) is 10.1 Å². The third-order valence-electron chi connectivity index (χ3n) is 4.46. The first-order valence-electron chi connectivity index (χ1n) is 9.28. The highest BCUT2D eigenvalue weighted by Crippen LogP contribution is 2.29. The lowest BCUT2D eigenvalue weighted by atomic mass is 9.99. The number of non-ortho nitro benzene ring substituents is 1. The second-order valence-electron chi connectivity index (χ2n) is 6.83. The molecule has 31 heavy (non-hydrogen) atoms. The van der Waals surface area contributed by atoms with Crippen LogP contribution >= 0.6 is 12.2 Å². The van der Waals surface area contributed by atoms with Crippen LogP contribution in [0.3, 0.4) is 0 Å². The second-order valence-corrected chi connectivity index (χ2v) is 7.24. The Morgan fingerprint density at radius 3 is 2.32 bits per heavy atom. The molecule has 2 N–H and O–H groups in total. The Morgan fingerprint density at radius 1 is 1.16 bits per heavy atom. The first-order valence-corrected chi connectivity index (χ1v) is 9.69. The number of halogens is 4. The summed E-state index contributed by atoms with van der Waals surface area (Å²) in [6.45, 7) is 2.56. The molecule has 6 nitrogen and oxygen atoms in total. The molecule has 0 spiro atoms. The molecule has 0 amide bonds. The van der Waals surface area contributed by atoms with Gasteiger partial charge in [-0.25, -0.2) is 8.78 Å². The van der Waals surface area contributed by atoms with Crippen molar-refractivity contribution < 1.29 is 27.2 Å². The zero-order valence-electron chi connectivity index (χ0n) is 16.7. The molecule has 0 aliphatic heterocycles. The first-order chi connectivity index (χ1) is 14.5. The van der Waals surface area contributed by atoms with Crippen LogP contribution < -0.4 is 15.4 Å². The summed E-state index contributed by atoms with van der Waals surface area (Å²) in [6.07, 6.45) is -2.93. The van der Waals surface area contributed by atoms with Crippen molar-refractivity contribution in [2.24, 2.45) is 0 Å². The number of nitro benzene ring substituents is 1. The van der Waals surface area contributed by atoms with Gasteiger partial charge in [0.15, 0.2) is 11.7 Å². The molecule has 0 aromatic heterocycles. The molecule has 0 unspecified atom stereocenters. The van der Waals surface area contributed by atoms with Crippen molar-refractivity contribution in [3.8, 4) is 5.75 Å². The molecular weight excluding hydrogens is 438 g/mol. The zero-order chi connectivity index (χ0) is 23.2. The number of nitrogens with zero attached hydrogens (tertiary/aromatic N) is 1. The predicted molar refractivity (Wildman–Crippen MR) is 115 cm³/mol. The maximum atomic E-state index is 13.1. The molecule has 2 rings (SSSR count). The minimum absolute atomic E-state index is 0.0679. The lowest BCUT2D eigenvalue weighted by Gasteiger charge is -2.17. The smallest absolute Gasteiger partial charge is 0.340 e. The van der Waals surface area contributed by atoms with Gasteiger partial charge in [-0.1, -0.05) is 26.0 Å². The fourth-order valence-electron chi connectivity index (χ4n) is 2.51. The molecule has 0 aliphatic rings. The van der Waals surface area contributed by atoms with Gasteiger partial charge in [-0.2, -0.15) is 8.78 Å². The van der Waals surface area contributed by atoms with Crippen molar-refractivity contribution in [2.45, 2.75) is 38.5 Å². The topological polar surface area (TPSA) is 76.4 Å². The maximum Gasteiger partial charge on any atom is 0.340 e. The largest absolute Gasteiger partial charge is 0.487 e. The minimum Gasteiger partial charge on any atom is -0.487 e. The summed E-state index contributed by atoms with van der Waals surface area (Å²) in [5.41, 5.74) is 1.41. The molecule has 2 aromatic rings. The van der Waals surface area contributed by atoms with Gasteiger partial charge in [0.25, 0.3) is 5.69 Å². The summed E-state index contributed by atoms with van der Waals surface area (Å²) in [5, 5.41) is 16.8. The van der Waals surface area contributed by atoms with Crippen molar-refractivity contribution in [2.75, 3.05) is 17.2 Å². The summed E-state index contributed by atoms with van der Waals surface area (Å²) in [7, 11) is 0. The predicted octanol–water partition coefficient (Wildman–Crippen LogP) is 6.20. The quantitative estimate of drug-likeness (QED) is 0.201. The summed E-state index contributed by atoms with van der Waals surface area (Å²) in [4.78, 5) is 10.3. The molecule has 0 radical (unpaired) electrons. The third-order valence-corrected chi connectivity index (χ3v) is 4.66. The van der Waals surface area contributed by atoms with Gasteiger partial charge in [0.1, 0.15) is 5.75 Å². The number of ether oxygens (including phenoxy) is 1. The van der Waals surface area contributed by atoms with Crippen LogP contribution in [-0.4, -0.2) is 29.0 Å². The SMILES string of the molecule is CC[C@@H](C)c1ccc(NC(=S)Nc2cc(OCC(F)(F)C(F)F)cc([N+](=O)[O-])c2)cc1. The van der Waals surface area contributed by atoms with Gasteiger partial charge in [-0.15, -0.1) is 0 Å². The van der Waals surface area contributed by atoms with Crippen molar-refractivity contribution in [3.05, 3.63) is 58.1 Å². The van der Waals surface area contributed by atoms with Gasteiger partial charge in [0.05, 0.1) is 16.7 Å². The number of hydrogen-bond acceptors (Lipinski definition) is 4. The summed E-state index contributed by atoms with van der Waals surface area (Å²) in [6, 6.07) is 10.7. The van der Waals surface area contributed by atoms with Gasteiger partial charge in [0, 0.05) is 17.8 Å². The van der Waals surface area contributed by atoms with E-state index in [0.717, 1.165) is 30.2 Å². The molecule has 1 atom stereocenters. The Morgan fingerprint density at radius 2 is 1.77 bits per heavy atom. The summed E-state index contributed by atoms with van der Waals surface area (Å²) in [5.74, 6) is -4.37. The maximum absolute atomic E-state index is 13.1. The van der Waals surface area contributed by atoms with E-state index >= 15 is 0 Å². The number of nitrogens with one attached hydrogen (secondary N) is 2. The molecule has 0 bridgehead atoms. The van der Waals surface area contributed by atoms with Crippen LogP contribution in [0.5, 0.6) is 5.75 Å². The molecular formula is C20H21F4N3O3S. The number of thiocarbonyl (C=S) groups is 1. The van der Waals surface area contributed by atoms with E-state index < -0.39 is 29.6 Å². The van der Waals surface area contributed by atoms with E-state index in [4.69, 9.17) is 12.2 Å². The van der Waals surface area contributed by atoms with Crippen LogP contribution in [0.1, 0.15) is 31.7 Å². The van der Waals surface area contributed by atoms with Gasteiger partial charge >= 0.3 is 12.3 Å². The number of anilines is 2. The lowest BCUT2D eigenvalue weighted by Crippen LogP contribution is -2.33. The first kappa shape index (κ1) is 24.3. The summed E-state index contributed by atoms with van der Waals surface area (Å²) >= 11 is 5.18. The lowest BCUT2D eigenvalue weighted by molar-refractivity contribution is -0.384. The van der Waals surface area contributed by atoms with E-state index in [1.807, 2.05) is 24.3 Å². The van der Waals surface area contributed by atoms with Gasteiger partial charge < -0.3 is 15.4 Å². The Bertz CT molecular complexity index is 926. The number of nitro groups is 1. The van der Waals surface area contributed by atoms with E-state index in [1.54, 1.807) is 0 Å². The normalized spacial score (nSPS) is 12.4. The molecule has 0 saturated carbocycles. The van der Waals surface area contributed by atoms with Crippen molar-refractivity contribution in [3.63, 3.8) is 0 Å². The van der Waals surface area contributed by atoms with Crippen molar-refractivity contribution in [1.29, 1.82) is 0 Å². The Labute approximate surface area is 181 Å². The zero-order valence-corrected chi connectivity index (χ0v) is 17.5. The molecule has 2 aromatic carbocycles. The molecule has 11 heteroatoms. The molecule has 0 heterocycles. The fraction of sp³-hybridized carbons (Fsp3) is 0.350. The van der Waals surface area contributed by atoms with Crippen LogP contribution in [0, 0.1) is 10.1 Å².